The van der Waals surface area contributed by atoms with Gasteiger partial charge < -0.3 is 10.0 Å². The second-order valence-corrected chi connectivity index (χ2v) is 5.42. The lowest BCUT2D eigenvalue weighted by Crippen LogP contribution is -2.41. The van der Waals surface area contributed by atoms with Crippen molar-refractivity contribution in [1.82, 2.24) is 4.90 Å². The van der Waals surface area contributed by atoms with Gasteiger partial charge in [-0.05, 0) is 26.7 Å². The third kappa shape index (κ3) is 4.30. The van der Waals surface area contributed by atoms with Crippen LogP contribution in [-0.2, 0) is 4.79 Å². The minimum absolute atomic E-state index is 0.0241. The van der Waals surface area contributed by atoms with Crippen LogP contribution in [0.2, 0.25) is 0 Å². The van der Waals surface area contributed by atoms with Crippen LogP contribution in [0.25, 0.3) is 0 Å². The molecule has 1 saturated carbocycles. The van der Waals surface area contributed by atoms with Crippen LogP contribution in [0.5, 0.6) is 0 Å². The van der Waals surface area contributed by atoms with Crippen molar-refractivity contribution >= 4 is 5.91 Å². The Hall–Kier alpha value is -1.08. The van der Waals surface area contributed by atoms with Gasteiger partial charge in [0, 0.05) is 13.1 Å². The van der Waals surface area contributed by atoms with Crippen LogP contribution >= 0.6 is 0 Å². The van der Waals surface area contributed by atoms with Gasteiger partial charge in [0.05, 0.1) is 24.0 Å². The van der Waals surface area contributed by atoms with E-state index in [-0.39, 0.29) is 18.2 Å². The molecule has 1 rings (SSSR count). The Bertz CT molecular complexity index is 316. The summed E-state index contributed by atoms with van der Waals surface area (Å²) in [5.41, 5.74) is -0.807. The fourth-order valence-electron chi connectivity index (χ4n) is 2.56. The maximum Gasteiger partial charge on any atom is 0.225 e. The minimum atomic E-state index is -0.807. The summed E-state index contributed by atoms with van der Waals surface area (Å²) < 4.78 is 0. The van der Waals surface area contributed by atoms with Gasteiger partial charge in [-0.15, -0.1) is 0 Å². The fraction of sp³-hybridized carbons (Fsp3) is 0.857. The number of carbonyl (C=O) groups is 1. The molecule has 1 aliphatic rings. The highest BCUT2D eigenvalue weighted by Gasteiger charge is 2.33. The van der Waals surface area contributed by atoms with Crippen LogP contribution in [0.4, 0.5) is 0 Å². The minimum Gasteiger partial charge on any atom is -0.389 e. The number of hydrogen-bond acceptors (Lipinski definition) is 3. The Kier molecular flexibility index (Phi) is 5.61. The first kappa shape index (κ1) is 15.0. The van der Waals surface area contributed by atoms with E-state index >= 15 is 0 Å². The van der Waals surface area contributed by atoms with Gasteiger partial charge in [0.2, 0.25) is 5.91 Å². The molecule has 0 saturated heterocycles. The van der Waals surface area contributed by atoms with Gasteiger partial charge in [0.15, 0.2) is 0 Å². The zero-order chi connectivity index (χ0) is 13.6. The number of carbonyl (C=O) groups excluding carboxylic acids is 1. The molecule has 1 aliphatic carbocycles. The molecule has 102 valence electrons. The van der Waals surface area contributed by atoms with E-state index in [0.717, 1.165) is 32.1 Å². The Morgan fingerprint density at radius 3 is 2.56 bits per heavy atom. The maximum absolute atomic E-state index is 12.2. The lowest BCUT2D eigenvalue weighted by molar-refractivity contribution is -0.138. The van der Waals surface area contributed by atoms with Crippen molar-refractivity contribution in [3.63, 3.8) is 0 Å². The summed E-state index contributed by atoms with van der Waals surface area (Å²) in [5, 5.41) is 19.2. The molecule has 4 nitrogen and oxygen atoms in total. The summed E-state index contributed by atoms with van der Waals surface area (Å²) in [6.45, 7) is 4.78. The summed E-state index contributed by atoms with van der Waals surface area (Å²) in [6, 6.07) is 2.14. The molecule has 0 heterocycles. The predicted molar refractivity (Wildman–Crippen MR) is 69.7 cm³/mol. The van der Waals surface area contributed by atoms with Gasteiger partial charge >= 0.3 is 0 Å². The Labute approximate surface area is 110 Å². The monoisotopic (exact) mass is 252 g/mol. The normalized spacial score (nSPS) is 19.9. The van der Waals surface area contributed by atoms with Gasteiger partial charge in [0.1, 0.15) is 0 Å². The van der Waals surface area contributed by atoms with Crippen LogP contribution in [0, 0.1) is 17.2 Å². The van der Waals surface area contributed by atoms with E-state index in [4.69, 9.17) is 5.26 Å². The van der Waals surface area contributed by atoms with Gasteiger partial charge in [-0.25, -0.2) is 0 Å². The molecule has 0 radical (unpaired) electrons. The molecule has 1 N–H and O–H groups in total. The van der Waals surface area contributed by atoms with Crippen LogP contribution in [-0.4, -0.2) is 34.6 Å². The lowest BCUT2D eigenvalue weighted by atomic mass is 9.82. The first-order valence-electron chi connectivity index (χ1n) is 6.90. The van der Waals surface area contributed by atoms with Crippen molar-refractivity contribution in [1.29, 1.82) is 5.26 Å². The summed E-state index contributed by atoms with van der Waals surface area (Å²) in [4.78, 5) is 13.8. The number of hydrogen-bond donors (Lipinski definition) is 1. The number of amides is 1. The van der Waals surface area contributed by atoms with E-state index in [1.165, 1.54) is 0 Å². The highest BCUT2D eigenvalue weighted by molar-refractivity contribution is 5.77. The number of rotatable bonds is 5. The Morgan fingerprint density at radius 2 is 2.06 bits per heavy atom. The summed E-state index contributed by atoms with van der Waals surface area (Å²) in [5.74, 6) is -0.182. The quantitative estimate of drug-likeness (QED) is 0.814. The standard InChI is InChI=1S/C14H24N2O2/c1-3-16(11-12(2)10-15)13(17)9-14(18)7-5-4-6-8-14/h12,18H,3-9,11H2,1-2H3. The third-order valence-corrected chi connectivity index (χ3v) is 3.71. The van der Waals surface area contributed by atoms with E-state index in [2.05, 4.69) is 6.07 Å². The van der Waals surface area contributed by atoms with Crippen molar-refractivity contribution in [2.24, 2.45) is 5.92 Å². The van der Waals surface area contributed by atoms with Gasteiger partial charge in [0.25, 0.3) is 0 Å². The average molecular weight is 252 g/mol. The Balaban J connectivity index is 2.53. The molecule has 0 spiro atoms. The van der Waals surface area contributed by atoms with Crippen molar-refractivity contribution in [3.05, 3.63) is 0 Å². The van der Waals surface area contributed by atoms with E-state index < -0.39 is 5.60 Å². The van der Waals surface area contributed by atoms with E-state index in [1.54, 1.807) is 4.90 Å². The van der Waals surface area contributed by atoms with E-state index in [9.17, 15) is 9.90 Å². The third-order valence-electron chi connectivity index (χ3n) is 3.71. The summed E-state index contributed by atoms with van der Waals surface area (Å²) >= 11 is 0. The van der Waals surface area contributed by atoms with Crippen LogP contribution < -0.4 is 0 Å². The number of aliphatic hydroxyl groups is 1. The molecule has 1 fully saturated rings. The highest BCUT2D eigenvalue weighted by Crippen LogP contribution is 2.31. The molecule has 0 aromatic carbocycles. The smallest absolute Gasteiger partial charge is 0.225 e. The van der Waals surface area contributed by atoms with Gasteiger partial charge in [-0.2, -0.15) is 5.26 Å². The van der Waals surface area contributed by atoms with E-state index in [0.29, 0.717) is 13.1 Å². The molecular weight excluding hydrogens is 228 g/mol. The topological polar surface area (TPSA) is 64.3 Å². The second kappa shape index (κ2) is 6.75. The summed E-state index contributed by atoms with van der Waals surface area (Å²) in [6.07, 6.45) is 4.82. The predicted octanol–water partition coefficient (Wildman–Crippen LogP) is 2.08. The zero-order valence-electron chi connectivity index (χ0n) is 11.5. The maximum atomic E-state index is 12.2. The lowest BCUT2D eigenvalue weighted by Gasteiger charge is -2.33. The van der Waals surface area contributed by atoms with Crippen LogP contribution in [0.15, 0.2) is 0 Å². The fourth-order valence-corrected chi connectivity index (χ4v) is 2.56. The largest absolute Gasteiger partial charge is 0.389 e. The average Bonchev–Trinajstić information content (AvgIpc) is 2.35. The van der Waals surface area contributed by atoms with Crippen molar-refractivity contribution in [3.8, 4) is 6.07 Å². The molecule has 18 heavy (non-hydrogen) atoms. The molecule has 4 heteroatoms. The van der Waals surface area contributed by atoms with Crippen LogP contribution in [0.3, 0.4) is 0 Å². The van der Waals surface area contributed by atoms with Crippen molar-refractivity contribution in [2.45, 2.75) is 58.0 Å². The number of nitriles is 1. The highest BCUT2D eigenvalue weighted by atomic mass is 16.3. The number of nitrogens with zero attached hydrogens (tertiary/aromatic N) is 2. The molecule has 0 aromatic heterocycles. The SMILES string of the molecule is CCN(CC(C)C#N)C(=O)CC1(O)CCCCC1. The first-order chi connectivity index (χ1) is 8.50. The molecule has 1 unspecified atom stereocenters. The van der Waals surface area contributed by atoms with Crippen molar-refractivity contribution in [2.75, 3.05) is 13.1 Å². The molecule has 1 atom stereocenters. The summed E-state index contributed by atoms with van der Waals surface area (Å²) in [7, 11) is 0. The van der Waals surface area contributed by atoms with Gasteiger partial charge in [-0.3, -0.25) is 4.79 Å². The molecule has 1 amide bonds. The molecule has 0 aromatic rings. The molecular formula is C14H24N2O2. The molecule has 0 bridgehead atoms. The second-order valence-electron chi connectivity index (χ2n) is 5.42. The Morgan fingerprint density at radius 1 is 1.44 bits per heavy atom. The first-order valence-corrected chi connectivity index (χ1v) is 6.90. The zero-order valence-corrected chi connectivity index (χ0v) is 11.5. The van der Waals surface area contributed by atoms with Gasteiger partial charge in [-0.1, -0.05) is 19.3 Å². The van der Waals surface area contributed by atoms with E-state index in [1.807, 2.05) is 13.8 Å². The van der Waals surface area contributed by atoms with Crippen molar-refractivity contribution < 1.29 is 9.90 Å². The van der Waals surface area contributed by atoms with Crippen LogP contribution in [0.1, 0.15) is 52.4 Å². The molecule has 0 aliphatic heterocycles.